The van der Waals surface area contributed by atoms with Crippen molar-refractivity contribution in [1.82, 2.24) is 0 Å². The highest BCUT2D eigenvalue weighted by Crippen LogP contribution is 2.41. The predicted octanol–water partition coefficient (Wildman–Crippen LogP) is 5.41. The normalized spacial score (nSPS) is 21.7. The summed E-state index contributed by atoms with van der Waals surface area (Å²) in [6, 6.07) is 2.59. The molecule has 0 aromatic heterocycles. The zero-order chi connectivity index (χ0) is 17.0. The Morgan fingerprint density at radius 2 is 1.74 bits per heavy atom. The Morgan fingerprint density at radius 1 is 1.17 bits per heavy atom. The molecule has 0 radical (unpaired) electrons. The molecule has 0 heterocycles. The summed E-state index contributed by atoms with van der Waals surface area (Å²) >= 11 is 0. The summed E-state index contributed by atoms with van der Waals surface area (Å²) in [5.74, 6) is -3.50. The van der Waals surface area contributed by atoms with Crippen molar-refractivity contribution in [1.29, 1.82) is 5.26 Å². The lowest BCUT2D eigenvalue weighted by Crippen LogP contribution is -2.37. The monoisotopic (exact) mass is 329 g/mol. The van der Waals surface area contributed by atoms with Gasteiger partial charge in [0.2, 0.25) is 0 Å². The average Bonchev–Trinajstić information content (AvgIpc) is 2.47. The van der Waals surface area contributed by atoms with Crippen LogP contribution in [0.1, 0.15) is 51.0 Å². The molecule has 0 unspecified atom stereocenters. The van der Waals surface area contributed by atoms with Gasteiger partial charge in [-0.05, 0) is 31.6 Å². The molecule has 1 aromatic rings. The molecule has 6 heteroatoms. The zero-order valence-electron chi connectivity index (χ0n) is 12.9. The van der Waals surface area contributed by atoms with Crippen LogP contribution in [0.2, 0.25) is 0 Å². The van der Waals surface area contributed by atoms with E-state index in [1.54, 1.807) is 0 Å². The Balaban J connectivity index is 2.06. The van der Waals surface area contributed by atoms with Gasteiger partial charge in [-0.3, -0.25) is 0 Å². The summed E-state index contributed by atoms with van der Waals surface area (Å²) in [5, 5.41) is 8.58. The number of hydrogen-bond acceptors (Lipinski definition) is 2. The van der Waals surface area contributed by atoms with Crippen molar-refractivity contribution >= 4 is 0 Å². The van der Waals surface area contributed by atoms with Gasteiger partial charge in [-0.2, -0.15) is 14.0 Å². The van der Waals surface area contributed by atoms with Crippen LogP contribution in [0.3, 0.4) is 0 Å². The van der Waals surface area contributed by atoms with Gasteiger partial charge >= 0.3 is 6.11 Å². The highest BCUT2D eigenvalue weighted by Gasteiger charge is 2.44. The highest BCUT2D eigenvalue weighted by molar-refractivity contribution is 5.38. The molecule has 23 heavy (non-hydrogen) atoms. The number of benzene rings is 1. The Bertz CT molecular complexity index is 566. The fourth-order valence-electron chi connectivity index (χ4n) is 3.15. The number of alkyl halides is 2. The van der Waals surface area contributed by atoms with Gasteiger partial charge in [-0.25, -0.2) is 8.78 Å². The summed E-state index contributed by atoms with van der Waals surface area (Å²) in [7, 11) is 0. The van der Waals surface area contributed by atoms with Crippen molar-refractivity contribution in [3.8, 4) is 11.8 Å². The van der Waals surface area contributed by atoms with Crippen LogP contribution >= 0.6 is 0 Å². The summed E-state index contributed by atoms with van der Waals surface area (Å²) in [5.41, 5.74) is -0.805. The minimum Gasteiger partial charge on any atom is -0.432 e. The lowest BCUT2D eigenvalue weighted by Gasteiger charge is -2.33. The molecule has 0 amide bonds. The summed E-state index contributed by atoms with van der Waals surface area (Å²) in [6.07, 6.45) is 0.681. The quantitative estimate of drug-likeness (QED) is 0.676. The molecule has 0 aliphatic heterocycles. The van der Waals surface area contributed by atoms with Gasteiger partial charge in [0.05, 0.1) is 5.92 Å². The van der Waals surface area contributed by atoms with Gasteiger partial charge < -0.3 is 4.74 Å². The van der Waals surface area contributed by atoms with Crippen molar-refractivity contribution in [2.24, 2.45) is 11.8 Å². The van der Waals surface area contributed by atoms with Gasteiger partial charge in [-0.15, -0.1) is 0 Å². The molecule has 1 aliphatic rings. The Morgan fingerprint density at radius 3 is 2.22 bits per heavy atom. The van der Waals surface area contributed by atoms with Crippen LogP contribution in [0, 0.1) is 34.8 Å². The lowest BCUT2D eigenvalue weighted by atomic mass is 9.79. The van der Waals surface area contributed by atoms with Crippen LogP contribution in [-0.4, -0.2) is 6.11 Å². The molecule has 0 bridgehead atoms. The zero-order valence-corrected chi connectivity index (χ0v) is 12.9. The minimum atomic E-state index is -3.48. The van der Waals surface area contributed by atoms with Gasteiger partial charge in [0.15, 0.2) is 0 Å². The first-order chi connectivity index (χ1) is 10.9. The molecule has 0 atom stereocenters. The van der Waals surface area contributed by atoms with E-state index in [-0.39, 0.29) is 0 Å². The maximum Gasteiger partial charge on any atom is 0.400 e. The third-order valence-electron chi connectivity index (χ3n) is 4.40. The average molecular weight is 329 g/mol. The molecule has 2 nitrogen and oxygen atoms in total. The van der Waals surface area contributed by atoms with Crippen LogP contribution in [-0.2, 0) is 0 Å². The predicted molar refractivity (Wildman–Crippen MR) is 77.0 cm³/mol. The number of rotatable bonds is 5. The van der Waals surface area contributed by atoms with Gasteiger partial charge in [0, 0.05) is 12.1 Å². The van der Waals surface area contributed by atoms with E-state index in [1.165, 1.54) is 6.07 Å². The molecule has 1 fully saturated rings. The largest absolute Gasteiger partial charge is 0.432 e. The van der Waals surface area contributed by atoms with Gasteiger partial charge in [-0.1, -0.05) is 19.8 Å². The maximum absolute atomic E-state index is 14.2. The van der Waals surface area contributed by atoms with Crippen molar-refractivity contribution in [2.45, 2.75) is 51.6 Å². The Kier molecular flexibility index (Phi) is 5.51. The van der Waals surface area contributed by atoms with Crippen LogP contribution in [0.4, 0.5) is 17.6 Å². The number of ether oxygens (including phenoxy) is 1. The van der Waals surface area contributed by atoms with Crippen LogP contribution in [0.15, 0.2) is 12.1 Å². The smallest absolute Gasteiger partial charge is 0.400 e. The standard InChI is InChI=1S/C17H19F4NO/c1-2-3-11-4-6-12(7-5-11)17(20,21)23-13-8-15(18)14(10-22)16(19)9-13/h8-9,11-12H,2-7H2,1H3. The fourth-order valence-corrected chi connectivity index (χ4v) is 3.15. The van der Waals surface area contributed by atoms with E-state index in [0.29, 0.717) is 43.7 Å². The van der Waals surface area contributed by atoms with Crippen LogP contribution in [0.25, 0.3) is 0 Å². The van der Waals surface area contributed by atoms with E-state index in [2.05, 4.69) is 11.7 Å². The molecule has 0 N–H and O–H groups in total. The summed E-state index contributed by atoms with van der Waals surface area (Å²) < 4.78 is 60.0. The third-order valence-corrected chi connectivity index (χ3v) is 4.40. The molecular weight excluding hydrogens is 310 g/mol. The minimum absolute atomic E-state index is 0.332. The van der Waals surface area contributed by atoms with E-state index in [1.807, 2.05) is 0 Å². The summed E-state index contributed by atoms with van der Waals surface area (Å²) in [4.78, 5) is 0. The molecular formula is C17H19F4NO. The molecule has 0 saturated heterocycles. The van der Waals surface area contributed by atoms with E-state index >= 15 is 0 Å². The first-order valence-corrected chi connectivity index (χ1v) is 7.83. The lowest BCUT2D eigenvalue weighted by molar-refractivity contribution is -0.223. The first kappa shape index (κ1) is 17.6. The van der Waals surface area contributed by atoms with Gasteiger partial charge in [0.25, 0.3) is 0 Å². The number of halogens is 4. The third kappa shape index (κ3) is 4.15. The SMILES string of the molecule is CCCC1CCC(C(F)(F)Oc2cc(F)c(C#N)c(F)c2)CC1. The highest BCUT2D eigenvalue weighted by atomic mass is 19.3. The van der Waals surface area contributed by atoms with E-state index in [4.69, 9.17) is 5.26 Å². The maximum atomic E-state index is 14.2. The number of nitrogens with zero attached hydrogens (tertiary/aromatic N) is 1. The van der Waals surface area contributed by atoms with Crippen molar-refractivity contribution < 1.29 is 22.3 Å². The molecule has 1 aromatic carbocycles. The van der Waals surface area contributed by atoms with Crippen molar-refractivity contribution in [3.05, 3.63) is 29.3 Å². The van der Waals surface area contributed by atoms with E-state index in [0.717, 1.165) is 12.8 Å². The molecule has 1 saturated carbocycles. The first-order valence-electron chi connectivity index (χ1n) is 7.83. The van der Waals surface area contributed by atoms with E-state index < -0.39 is 35.0 Å². The Hall–Kier alpha value is -1.77. The second-order valence-corrected chi connectivity index (χ2v) is 6.04. The van der Waals surface area contributed by atoms with Crippen molar-refractivity contribution in [3.63, 3.8) is 0 Å². The Labute approximate surface area is 133 Å². The van der Waals surface area contributed by atoms with Crippen LogP contribution in [0.5, 0.6) is 5.75 Å². The molecule has 1 aliphatic carbocycles. The second kappa shape index (κ2) is 7.20. The second-order valence-electron chi connectivity index (χ2n) is 6.04. The van der Waals surface area contributed by atoms with E-state index in [9.17, 15) is 17.6 Å². The number of hydrogen-bond donors (Lipinski definition) is 0. The number of nitriles is 1. The van der Waals surface area contributed by atoms with Gasteiger partial charge in [0.1, 0.15) is 29.0 Å². The topological polar surface area (TPSA) is 33.0 Å². The van der Waals surface area contributed by atoms with Crippen LogP contribution < -0.4 is 4.74 Å². The summed E-state index contributed by atoms with van der Waals surface area (Å²) in [6.45, 7) is 2.07. The molecule has 2 rings (SSSR count). The molecule has 126 valence electrons. The fraction of sp³-hybridized carbons (Fsp3) is 0.588. The molecule has 0 spiro atoms. The van der Waals surface area contributed by atoms with Crippen molar-refractivity contribution in [2.75, 3.05) is 0 Å².